The van der Waals surface area contributed by atoms with Gasteiger partial charge in [-0.05, 0) is 37.5 Å². The van der Waals surface area contributed by atoms with E-state index < -0.39 is 0 Å². The van der Waals surface area contributed by atoms with Crippen molar-refractivity contribution in [1.82, 2.24) is 14.5 Å². The van der Waals surface area contributed by atoms with E-state index in [2.05, 4.69) is 29.1 Å². The first-order chi connectivity index (χ1) is 14.9. The van der Waals surface area contributed by atoms with Crippen LogP contribution < -0.4 is 20.3 Å². The fourth-order valence-corrected chi connectivity index (χ4v) is 4.18. The van der Waals surface area contributed by atoms with Crippen LogP contribution in [0.2, 0.25) is 0 Å². The molecule has 2 aromatic heterocycles. The third-order valence-corrected chi connectivity index (χ3v) is 5.90. The molecule has 0 bridgehead atoms. The summed E-state index contributed by atoms with van der Waals surface area (Å²) in [6, 6.07) is 7.16. The van der Waals surface area contributed by atoms with Gasteiger partial charge in [-0.2, -0.15) is 0 Å². The molecule has 3 heterocycles. The molecule has 0 saturated heterocycles. The lowest BCUT2D eigenvalue weighted by atomic mass is 10.1. The number of aryl methyl sites for hydroxylation is 1. The molecule has 1 amide bonds. The van der Waals surface area contributed by atoms with Crippen LogP contribution in [0.15, 0.2) is 34.2 Å². The van der Waals surface area contributed by atoms with E-state index in [1.165, 1.54) is 11.8 Å². The third-order valence-electron chi connectivity index (χ3n) is 4.93. The number of H-pyrrole nitrogens is 1. The Hall–Kier alpha value is -2.94. The van der Waals surface area contributed by atoms with Crippen molar-refractivity contribution in [3.8, 4) is 11.5 Å². The minimum Gasteiger partial charge on any atom is -0.486 e. The number of rotatable bonds is 7. The van der Waals surface area contributed by atoms with E-state index in [9.17, 15) is 9.59 Å². The van der Waals surface area contributed by atoms with Gasteiger partial charge >= 0.3 is 0 Å². The molecule has 0 spiro atoms. The number of fused-ring (bicyclic) bond motifs is 2. The molecule has 0 atom stereocenters. The molecule has 1 aromatic carbocycles. The van der Waals surface area contributed by atoms with Gasteiger partial charge in [0.1, 0.15) is 18.7 Å². The van der Waals surface area contributed by atoms with Crippen molar-refractivity contribution in [2.75, 3.05) is 24.3 Å². The number of carbonyl (C=O) groups excluding carboxylic acids is 1. The number of ether oxygens (including phenoxy) is 2. The number of benzene rings is 1. The van der Waals surface area contributed by atoms with Crippen molar-refractivity contribution >= 4 is 34.4 Å². The Morgan fingerprint density at radius 1 is 1.26 bits per heavy atom. The highest BCUT2D eigenvalue weighted by atomic mass is 32.2. The molecule has 164 valence electrons. The van der Waals surface area contributed by atoms with E-state index in [-0.39, 0.29) is 17.2 Å². The normalized spacial score (nSPS) is 13.0. The molecule has 8 nitrogen and oxygen atoms in total. The summed E-state index contributed by atoms with van der Waals surface area (Å²) < 4.78 is 12.7. The number of nitrogens with one attached hydrogen (secondary N) is 2. The van der Waals surface area contributed by atoms with Gasteiger partial charge in [0.25, 0.3) is 5.56 Å². The molecule has 0 fully saturated rings. The zero-order valence-corrected chi connectivity index (χ0v) is 18.7. The number of hydrogen-bond donors (Lipinski definition) is 2. The van der Waals surface area contributed by atoms with E-state index >= 15 is 0 Å². The minimum atomic E-state index is -0.184. The lowest BCUT2D eigenvalue weighted by Gasteiger charge is -2.19. The van der Waals surface area contributed by atoms with Crippen molar-refractivity contribution < 1.29 is 14.3 Å². The molecular weight excluding hydrogens is 416 g/mol. The smallest absolute Gasteiger partial charge is 0.278 e. The van der Waals surface area contributed by atoms with Crippen molar-refractivity contribution in [3.63, 3.8) is 0 Å². The van der Waals surface area contributed by atoms with Crippen LogP contribution in [0, 0.1) is 12.8 Å². The van der Waals surface area contributed by atoms with Crippen LogP contribution in [0.5, 0.6) is 11.5 Å². The van der Waals surface area contributed by atoms with Gasteiger partial charge in [-0.25, -0.2) is 4.98 Å². The number of thioether (sulfide) groups is 1. The number of aromatic nitrogens is 3. The number of aromatic amines is 1. The predicted octanol–water partition coefficient (Wildman–Crippen LogP) is 3.58. The zero-order valence-electron chi connectivity index (χ0n) is 17.9. The van der Waals surface area contributed by atoms with Gasteiger partial charge in [-0.1, -0.05) is 25.6 Å². The second kappa shape index (κ2) is 9.05. The topological polar surface area (TPSA) is 98.2 Å². The standard InChI is InChI=1S/C22H26N4O4S/c1-13(2)6-7-26-21(28)20-16(10-14(3)23-20)25-22(26)31-12-19(27)24-15-4-5-17-18(11-15)30-9-8-29-17/h4-5,10-11,13,23H,6-9,12H2,1-3H3,(H,24,27). The maximum Gasteiger partial charge on any atom is 0.278 e. The first-order valence-electron chi connectivity index (χ1n) is 10.3. The maximum absolute atomic E-state index is 13.0. The molecule has 31 heavy (non-hydrogen) atoms. The SMILES string of the molecule is Cc1cc2nc(SCC(=O)Nc3ccc4c(c3)OCCO4)n(CCC(C)C)c(=O)c2[nH]1. The minimum absolute atomic E-state index is 0.103. The monoisotopic (exact) mass is 442 g/mol. The summed E-state index contributed by atoms with van der Waals surface area (Å²) in [5, 5.41) is 3.42. The first kappa shape index (κ1) is 21.3. The summed E-state index contributed by atoms with van der Waals surface area (Å²) in [5.74, 6) is 1.69. The van der Waals surface area contributed by atoms with Gasteiger partial charge in [0, 0.05) is 24.0 Å². The van der Waals surface area contributed by atoms with Crippen LogP contribution in [0.25, 0.3) is 11.0 Å². The van der Waals surface area contributed by atoms with Crippen molar-refractivity contribution in [2.45, 2.75) is 38.9 Å². The molecule has 3 aromatic rings. The molecular formula is C22H26N4O4S. The highest BCUT2D eigenvalue weighted by Gasteiger charge is 2.16. The van der Waals surface area contributed by atoms with Gasteiger partial charge in [-0.15, -0.1) is 0 Å². The highest BCUT2D eigenvalue weighted by molar-refractivity contribution is 7.99. The molecule has 0 radical (unpaired) electrons. The molecule has 4 rings (SSSR count). The summed E-state index contributed by atoms with van der Waals surface area (Å²) in [4.78, 5) is 33.3. The summed E-state index contributed by atoms with van der Waals surface area (Å²) in [6.07, 6.45) is 0.851. The third kappa shape index (κ3) is 4.87. The van der Waals surface area contributed by atoms with Crippen LogP contribution in [0.3, 0.4) is 0 Å². The average Bonchev–Trinajstić information content (AvgIpc) is 3.12. The molecule has 2 N–H and O–H groups in total. The van der Waals surface area contributed by atoms with Crippen LogP contribution in [-0.4, -0.2) is 39.4 Å². The molecule has 1 aliphatic heterocycles. The van der Waals surface area contributed by atoms with Gasteiger partial charge in [-0.3, -0.25) is 14.2 Å². The second-order valence-corrected chi connectivity index (χ2v) is 8.88. The van der Waals surface area contributed by atoms with E-state index in [1.54, 1.807) is 22.8 Å². The number of hydrogen-bond acceptors (Lipinski definition) is 6. The Labute approximate surface area is 184 Å². The Balaban J connectivity index is 1.50. The quantitative estimate of drug-likeness (QED) is 0.429. The van der Waals surface area contributed by atoms with Crippen LogP contribution >= 0.6 is 11.8 Å². The largest absolute Gasteiger partial charge is 0.486 e. The van der Waals surface area contributed by atoms with Crippen LogP contribution in [-0.2, 0) is 11.3 Å². The number of anilines is 1. The summed E-state index contributed by atoms with van der Waals surface area (Å²) in [7, 11) is 0. The maximum atomic E-state index is 13.0. The lowest BCUT2D eigenvalue weighted by molar-refractivity contribution is -0.113. The van der Waals surface area contributed by atoms with Crippen molar-refractivity contribution in [2.24, 2.45) is 5.92 Å². The second-order valence-electron chi connectivity index (χ2n) is 7.94. The van der Waals surface area contributed by atoms with Gasteiger partial charge < -0.3 is 19.8 Å². The lowest BCUT2D eigenvalue weighted by Crippen LogP contribution is -2.25. The fourth-order valence-electron chi connectivity index (χ4n) is 3.35. The first-order valence-corrected chi connectivity index (χ1v) is 11.3. The molecule has 0 saturated carbocycles. The molecule has 0 unspecified atom stereocenters. The summed E-state index contributed by atoms with van der Waals surface area (Å²) >= 11 is 1.26. The van der Waals surface area contributed by atoms with Crippen LogP contribution in [0.1, 0.15) is 26.0 Å². The van der Waals surface area contributed by atoms with E-state index in [0.717, 1.165) is 12.1 Å². The Morgan fingerprint density at radius 3 is 2.81 bits per heavy atom. The van der Waals surface area contributed by atoms with E-state index in [0.29, 0.717) is 59.1 Å². The Bertz CT molecular complexity index is 1170. The van der Waals surface area contributed by atoms with E-state index in [1.807, 2.05) is 13.0 Å². The van der Waals surface area contributed by atoms with Crippen LogP contribution in [0.4, 0.5) is 5.69 Å². The molecule has 1 aliphatic rings. The zero-order chi connectivity index (χ0) is 22.0. The number of nitrogens with zero attached hydrogens (tertiary/aromatic N) is 2. The highest BCUT2D eigenvalue weighted by Crippen LogP contribution is 2.32. The molecule has 0 aliphatic carbocycles. The van der Waals surface area contributed by atoms with Gasteiger partial charge in [0.2, 0.25) is 5.91 Å². The van der Waals surface area contributed by atoms with Gasteiger partial charge in [0.15, 0.2) is 16.7 Å². The van der Waals surface area contributed by atoms with Crippen molar-refractivity contribution in [3.05, 3.63) is 40.3 Å². The fraction of sp³-hybridized carbons (Fsp3) is 0.409. The number of carbonyl (C=O) groups is 1. The Morgan fingerprint density at radius 2 is 2.03 bits per heavy atom. The average molecular weight is 443 g/mol. The predicted molar refractivity (Wildman–Crippen MR) is 121 cm³/mol. The molecule has 9 heteroatoms. The summed E-state index contributed by atoms with van der Waals surface area (Å²) in [6.45, 7) is 7.69. The van der Waals surface area contributed by atoms with Gasteiger partial charge in [0.05, 0.1) is 11.3 Å². The number of amides is 1. The van der Waals surface area contributed by atoms with E-state index in [4.69, 9.17) is 9.47 Å². The summed E-state index contributed by atoms with van der Waals surface area (Å²) in [5.41, 5.74) is 2.54. The Kier molecular flexibility index (Phi) is 6.22. The van der Waals surface area contributed by atoms with Crippen molar-refractivity contribution in [1.29, 1.82) is 0 Å².